The van der Waals surface area contributed by atoms with Gasteiger partial charge in [0.25, 0.3) is 0 Å². The standard InChI is InChI=1S/C13H18O3/c1-3-15-12-6-4-11(5-7-12)13(14)8-9-16-10(13)2/h4-7,10,14H,3,8-9H2,1-2H3. The number of rotatable bonds is 3. The highest BCUT2D eigenvalue weighted by Gasteiger charge is 2.40. The van der Waals surface area contributed by atoms with Crippen LogP contribution in [0.2, 0.25) is 0 Å². The molecular weight excluding hydrogens is 204 g/mol. The molecule has 2 rings (SSSR count). The van der Waals surface area contributed by atoms with Gasteiger partial charge in [-0.3, -0.25) is 0 Å². The molecule has 2 atom stereocenters. The van der Waals surface area contributed by atoms with E-state index in [-0.39, 0.29) is 6.10 Å². The number of aliphatic hydroxyl groups is 1. The van der Waals surface area contributed by atoms with E-state index in [9.17, 15) is 5.11 Å². The van der Waals surface area contributed by atoms with Crippen LogP contribution in [0.1, 0.15) is 25.8 Å². The van der Waals surface area contributed by atoms with Crippen molar-refractivity contribution in [1.82, 2.24) is 0 Å². The molecule has 88 valence electrons. The van der Waals surface area contributed by atoms with Gasteiger partial charge in [0, 0.05) is 6.42 Å². The average molecular weight is 222 g/mol. The largest absolute Gasteiger partial charge is 0.494 e. The molecule has 1 fully saturated rings. The minimum Gasteiger partial charge on any atom is -0.494 e. The topological polar surface area (TPSA) is 38.7 Å². The summed E-state index contributed by atoms with van der Waals surface area (Å²) in [4.78, 5) is 0. The zero-order chi connectivity index (χ0) is 11.6. The van der Waals surface area contributed by atoms with Crippen LogP contribution in [0, 0.1) is 0 Å². The average Bonchev–Trinajstić information content (AvgIpc) is 2.62. The summed E-state index contributed by atoms with van der Waals surface area (Å²) in [7, 11) is 0. The molecule has 1 aromatic carbocycles. The predicted octanol–water partition coefficient (Wildman–Crippen LogP) is 2.08. The third kappa shape index (κ3) is 1.93. The van der Waals surface area contributed by atoms with Gasteiger partial charge in [0.05, 0.1) is 19.3 Å². The van der Waals surface area contributed by atoms with E-state index in [0.717, 1.165) is 11.3 Å². The molecule has 0 spiro atoms. The van der Waals surface area contributed by atoms with Crippen molar-refractivity contribution in [1.29, 1.82) is 0 Å². The summed E-state index contributed by atoms with van der Waals surface area (Å²) in [5.41, 5.74) is 0.0611. The Labute approximate surface area is 96.0 Å². The Morgan fingerprint density at radius 1 is 1.44 bits per heavy atom. The Balaban J connectivity index is 2.20. The van der Waals surface area contributed by atoms with Crippen LogP contribution in [0.4, 0.5) is 0 Å². The molecule has 0 radical (unpaired) electrons. The molecule has 3 nitrogen and oxygen atoms in total. The van der Waals surface area contributed by atoms with Crippen molar-refractivity contribution in [2.45, 2.75) is 32.0 Å². The van der Waals surface area contributed by atoms with E-state index in [1.807, 2.05) is 38.1 Å². The predicted molar refractivity (Wildman–Crippen MR) is 61.5 cm³/mol. The van der Waals surface area contributed by atoms with Crippen molar-refractivity contribution in [3.05, 3.63) is 29.8 Å². The van der Waals surface area contributed by atoms with Crippen LogP contribution in [-0.4, -0.2) is 24.4 Å². The highest BCUT2D eigenvalue weighted by Crippen LogP contribution is 2.36. The molecule has 2 unspecified atom stereocenters. The van der Waals surface area contributed by atoms with E-state index in [2.05, 4.69) is 0 Å². The lowest BCUT2D eigenvalue weighted by Crippen LogP contribution is -2.32. The molecule has 1 aliphatic heterocycles. The first-order valence-electron chi connectivity index (χ1n) is 5.74. The lowest BCUT2D eigenvalue weighted by Gasteiger charge is -2.26. The number of hydrogen-bond donors (Lipinski definition) is 1. The molecule has 1 heterocycles. The maximum absolute atomic E-state index is 10.5. The minimum absolute atomic E-state index is 0.148. The van der Waals surface area contributed by atoms with Crippen molar-refractivity contribution < 1.29 is 14.6 Å². The van der Waals surface area contributed by atoms with Gasteiger partial charge in [-0.05, 0) is 31.5 Å². The Bertz CT molecular complexity index is 347. The molecule has 0 aromatic heterocycles. The van der Waals surface area contributed by atoms with Gasteiger partial charge in [0.2, 0.25) is 0 Å². The van der Waals surface area contributed by atoms with Crippen molar-refractivity contribution in [3.8, 4) is 5.75 Å². The fourth-order valence-electron chi connectivity index (χ4n) is 2.12. The number of hydrogen-bond acceptors (Lipinski definition) is 3. The molecule has 1 aromatic rings. The molecular formula is C13H18O3. The third-order valence-electron chi connectivity index (χ3n) is 3.19. The van der Waals surface area contributed by atoms with Gasteiger partial charge in [0.15, 0.2) is 0 Å². The van der Waals surface area contributed by atoms with Gasteiger partial charge in [0.1, 0.15) is 11.4 Å². The summed E-state index contributed by atoms with van der Waals surface area (Å²) >= 11 is 0. The van der Waals surface area contributed by atoms with Gasteiger partial charge in [-0.15, -0.1) is 0 Å². The fraction of sp³-hybridized carbons (Fsp3) is 0.538. The van der Waals surface area contributed by atoms with E-state index in [0.29, 0.717) is 19.6 Å². The van der Waals surface area contributed by atoms with Gasteiger partial charge >= 0.3 is 0 Å². The highest BCUT2D eigenvalue weighted by atomic mass is 16.5. The second kappa shape index (κ2) is 4.44. The molecule has 0 amide bonds. The lowest BCUT2D eigenvalue weighted by atomic mass is 9.88. The zero-order valence-electron chi connectivity index (χ0n) is 9.77. The maximum Gasteiger partial charge on any atom is 0.119 e. The Morgan fingerprint density at radius 3 is 2.62 bits per heavy atom. The quantitative estimate of drug-likeness (QED) is 0.851. The lowest BCUT2D eigenvalue weighted by molar-refractivity contribution is -0.0317. The van der Waals surface area contributed by atoms with E-state index in [1.54, 1.807) is 0 Å². The van der Waals surface area contributed by atoms with Gasteiger partial charge in [-0.2, -0.15) is 0 Å². The summed E-state index contributed by atoms with van der Waals surface area (Å²) in [5.74, 6) is 0.835. The Kier molecular flexibility index (Phi) is 3.17. The normalized spacial score (nSPS) is 29.3. The summed E-state index contributed by atoms with van der Waals surface area (Å²) in [6.07, 6.45) is 0.507. The molecule has 16 heavy (non-hydrogen) atoms. The first-order valence-corrected chi connectivity index (χ1v) is 5.74. The van der Waals surface area contributed by atoms with Crippen LogP contribution in [0.15, 0.2) is 24.3 Å². The minimum atomic E-state index is -0.843. The zero-order valence-corrected chi connectivity index (χ0v) is 9.77. The second-order valence-corrected chi connectivity index (χ2v) is 4.14. The van der Waals surface area contributed by atoms with Gasteiger partial charge in [-0.25, -0.2) is 0 Å². The van der Waals surface area contributed by atoms with Crippen molar-refractivity contribution >= 4 is 0 Å². The smallest absolute Gasteiger partial charge is 0.119 e. The first kappa shape index (κ1) is 11.4. The Morgan fingerprint density at radius 2 is 2.12 bits per heavy atom. The highest BCUT2D eigenvalue weighted by molar-refractivity contribution is 5.32. The molecule has 0 saturated carbocycles. The van der Waals surface area contributed by atoms with Crippen molar-refractivity contribution in [2.75, 3.05) is 13.2 Å². The SMILES string of the molecule is CCOc1ccc(C2(O)CCOC2C)cc1. The second-order valence-electron chi connectivity index (χ2n) is 4.14. The molecule has 1 N–H and O–H groups in total. The third-order valence-corrected chi connectivity index (χ3v) is 3.19. The summed E-state index contributed by atoms with van der Waals surface area (Å²) in [5, 5.41) is 10.5. The summed E-state index contributed by atoms with van der Waals surface area (Å²) in [6.45, 7) is 5.13. The molecule has 0 bridgehead atoms. The first-order chi connectivity index (χ1) is 7.66. The number of benzene rings is 1. The van der Waals surface area contributed by atoms with Crippen LogP contribution in [-0.2, 0) is 10.3 Å². The van der Waals surface area contributed by atoms with E-state index >= 15 is 0 Å². The van der Waals surface area contributed by atoms with Crippen molar-refractivity contribution in [3.63, 3.8) is 0 Å². The summed E-state index contributed by atoms with van der Waals surface area (Å²) < 4.78 is 10.8. The fourth-order valence-corrected chi connectivity index (χ4v) is 2.12. The monoisotopic (exact) mass is 222 g/mol. The number of ether oxygens (including phenoxy) is 2. The van der Waals surface area contributed by atoms with E-state index in [4.69, 9.17) is 9.47 Å². The molecule has 0 aliphatic carbocycles. The maximum atomic E-state index is 10.5. The van der Waals surface area contributed by atoms with Crippen molar-refractivity contribution in [2.24, 2.45) is 0 Å². The Hall–Kier alpha value is -1.06. The van der Waals surface area contributed by atoms with Crippen LogP contribution in [0.5, 0.6) is 5.75 Å². The molecule has 3 heteroatoms. The van der Waals surface area contributed by atoms with E-state index in [1.165, 1.54) is 0 Å². The van der Waals surface area contributed by atoms with Crippen LogP contribution in [0.25, 0.3) is 0 Å². The van der Waals surface area contributed by atoms with E-state index < -0.39 is 5.60 Å². The van der Waals surface area contributed by atoms with Crippen LogP contribution >= 0.6 is 0 Å². The van der Waals surface area contributed by atoms with Crippen LogP contribution in [0.3, 0.4) is 0 Å². The van der Waals surface area contributed by atoms with Gasteiger partial charge < -0.3 is 14.6 Å². The molecule has 1 aliphatic rings. The summed E-state index contributed by atoms with van der Waals surface area (Å²) in [6, 6.07) is 7.61. The van der Waals surface area contributed by atoms with Crippen LogP contribution < -0.4 is 4.74 Å². The van der Waals surface area contributed by atoms with Gasteiger partial charge in [-0.1, -0.05) is 12.1 Å². The molecule has 1 saturated heterocycles.